The maximum atomic E-state index is 6.21. The molecule has 0 aliphatic heterocycles. The van der Waals surface area contributed by atoms with Crippen molar-refractivity contribution in [3.63, 3.8) is 0 Å². The predicted molar refractivity (Wildman–Crippen MR) is 189 cm³/mol. The van der Waals surface area contributed by atoms with Crippen LogP contribution in [0.2, 0.25) is 0 Å². The predicted octanol–water partition coefficient (Wildman–Crippen LogP) is 7.03. The van der Waals surface area contributed by atoms with Crippen molar-refractivity contribution in [3.05, 3.63) is 48.5 Å². The fraction of sp³-hybridized carbons (Fsp3) is 0.676. The van der Waals surface area contributed by atoms with Crippen LogP contribution in [0.4, 0.5) is 11.4 Å². The van der Waals surface area contributed by atoms with Crippen LogP contribution in [-0.2, 0) is 28.4 Å². The van der Waals surface area contributed by atoms with Crippen LogP contribution in [-0.4, -0.2) is 125 Å². The van der Waals surface area contributed by atoms with E-state index in [1.54, 1.807) is 21.3 Å². The van der Waals surface area contributed by atoms with Crippen molar-refractivity contribution in [2.45, 2.75) is 45.4 Å². The first kappa shape index (κ1) is 41.5. The molecule has 0 radical (unpaired) electrons. The minimum Gasteiger partial charge on any atom is -0.494 e. The Morgan fingerprint density at radius 2 is 0.833 bits per heavy atom. The van der Waals surface area contributed by atoms with Crippen LogP contribution in [0.25, 0.3) is 0 Å². The summed E-state index contributed by atoms with van der Waals surface area (Å²) in [6.45, 7) is 11.9. The first-order chi connectivity index (χ1) is 23.6. The molecular formula is C37H62N3O8+. The van der Waals surface area contributed by atoms with Crippen molar-refractivity contribution in [1.82, 2.24) is 0 Å². The van der Waals surface area contributed by atoms with E-state index in [1.165, 1.54) is 32.1 Å². The maximum absolute atomic E-state index is 6.21. The van der Waals surface area contributed by atoms with Crippen LogP contribution in [0.5, 0.6) is 11.5 Å². The number of quaternary nitrogens is 1. The third kappa shape index (κ3) is 20.0. The monoisotopic (exact) mass is 676 g/mol. The van der Waals surface area contributed by atoms with Crippen molar-refractivity contribution < 1.29 is 42.4 Å². The zero-order chi connectivity index (χ0) is 34.4. The SMILES string of the molecule is CCCCCCCCOc1ccc(N=Nc2ccc(OCC[N+](CCOCCOC)(CCOCCOC)CCOCCOC)cc2)cc1. The number of nitrogens with zero attached hydrogens (tertiary/aromatic N) is 3. The van der Waals surface area contributed by atoms with Gasteiger partial charge in [0.25, 0.3) is 0 Å². The minimum atomic E-state index is 0.530. The molecule has 0 fully saturated rings. The molecule has 0 amide bonds. The summed E-state index contributed by atoms with van der Waals surface area (Å²) >= 11 is 0. The smallest absolute Gasteiger partial charge is 0.137 e. The number of rotatable bonds is 32. The lowest BCUT2D eigenvalue weighted by atomic mass is 10.1. The Kier molecular flexibility index (Phi) is 24.4. The second-order valence-corrected chi connectivity index (χ2v) is 11.7. The fourth-order valence-corrected chi connectivity index (χ4v) is 4.94. The summed E-state index contributed by atoms with van der Waals surface area (Å²) in [5.41, 5.74) is 1.53. The van der Waals surface area contributed by atoms with Gasteiger partial charge in [-0.25, -0.2) is 0 Å². The summed E-state index contributed by atoms with van der Waals surface area (Å²) in [6, 6.07) is 15.4. The molecule has 0 bridgehead atoms. The Morgan fingerprint density at radius 3 is 1.27 bits per heavy atom. The molecule has 272 valence electrons. The quantitative estimate of drug-likeness (QED) is 0.0463. The third-order valence-electron chi connectivity index (χ3n) is 7.98. The first-order valence-electron chi connectivity index (χ1n) is 17.6. The second kappa shape index (κ2) is 28.2. The molecule has 0 atom stereocenters. The van der Waals surface area contributed by atoms with Gasteiger partial charge in [-0.2, -0.15) is 10.2 Å². The maximum Gasteiger partial charge on any atom is 0.137 e. The lowest BCUT2D eigenvalue weighted by Gasteiger charge is -2.38. The zero-order valence-electron chi connectivity index (χ0n) is 30.1. The number of azo groups is 1. The topological polar surface area (TPSA) is 98.6 Å². The number of hydrogen-bond acceptors (Lipinski definition) is 10. The van der Waals surface area contributed by atoms with Crippen molar-refractivity contribution in [1.29, 1.82) is 0 Å². The van der Waals surface area contributed by atoms with E-state index in [-0.39, 0.29) is 0 Å². The second-order valence-electron chi connectivity index (χ2n) is 11.7. The van der Waals surface area contributed by atoms with Gasteiger partial charge in [0.15, 0.2) is 0 Å². The molecule has 0 heterocycles. The summed E-state index contributed by atoms with van der Waals surface area (Å²) in [5, 5.41) is 8.79. The van der Waals surface area contributed by atoms with Gasteiger partial charge in [-0.15, -0.1) is 0 Å². The van der Waals surface area contributed by atoms with Gasteiger partial charge >= 0.3 is 0 Å². The molecule has 2 aromatic carbocycles. The van der Waals surface area contributed by atoms with Gasteiger partial charge in [0.05, 0.1) is 77.4 Å². The molecule has 11 heteroatoms. The molecule has 2 rings (SSSR count). The molecule has 2 aromatic rings. The van der Waals surface area contributed by atoms with E-state index in [0.717, 1.165) is 66.6 Å². The summed E-state index contributed by atoms with van der Waals surface area (Å²) in [5.74, 6) is 1.64. The average molecular weight is 677 g/mol. The van der Waals surface area contributed by atoms with Gasteiger partial charge in [-0.05, 0) is 55.0 Å². The largest absolute Gasteiger partial charge is 0.494 e. The van der Waals surface area contributed by atoms with Gasteiger partial charge in [0, 0.05) is 21.3 Å². The van der Waals surface area contributed by atoms with E-state index in [2.05, 4.69) is 17.2 Å². The molecule has 0 N–H and O–H groups in total. The van der Waals surface area contributed by atoms with Gasteiger partial charge in [-0.1, -0.05) is 39.0 Å². The lowest BCUT2D eigenvalue weighted by molar-refractivity contribution is -0.929. The highest BCUT2D eigenvalue weighted by molar-refractivity contribution is 5.44. The summed E-state index contributed by atoms with van der Waals surface area (Å²) in [4.78, 5) is 0. The normalized spacial score (nSPS) is 11.8. The van der Waals surface area contributed by atoms with Gasteiger partial charge in [0.1, 0.15) is 44.3 Å². The number of unbranched alkanes of at least 4 members (excludes halogenated alkanes) is 5. The third-order valence-corrected chi connectivity index (χ3v) is 7.98. The van der Waals surface area contributed by atoms with Gasteiger partial charge in [-0.3, -0.25) is 0 Å². The lowest BCUT2D eigenvalue weighted by Crippen LogP contribution is -2.56. The molecule has 11 nitrogen and oxygen atoms in total. The Bertz CT molecular complexity index is 1000. The van der Waals surface area contributed by atoms with Crippen molar-refractivity contribution >= 4 is 11.4 Å². The zero-order valence-corrected chi connectivity index (χ0v) is 30.1. The molecule has 0 aliphatic rings. The fourth-order valence-electron chi connectivity index (χ4n) is 4.94. The molecule has 0 saturated carbocycles. The number of methoxy groups -OCH3 is 3. The van der Waals surface area contributed by atoms with Crippen LogP contribution in [0.1, 0.15) is 45.4 Å². The number of ether oxygens (including phenoxy) is 8. The molecule has 48 heavy (non-hydrogen) atoms. The average Bonchev–Trinajstić information content (AvgIpc) is 3.11. The van der Waals surface area contributed by atoms with E-state index in [0.29, 0.717) is 66.1 Å². The van der Waals surface area contributed by atoms with Crippen molar-refractivity contribution in [2.24, 2.45) is 10.2 Å². The Morgan fingerprint density at radius 1 is 0.438 bits per heavy atom. The van der Waals surface area contributed by atoms with Crippen LogP contribution in [0.3, 0.4) is 0 Å². The first-order valence-corrected chi connectivity index (χ1v) is 17.6. The van der Waals surface area contributed by atoms with Crippen molar-refractivity contribution in [3.8, 4) is 11.5 Å². The molecule has 0 saturated heterocycles. The molecule has 0 aliphatic carbocycles. The highest BCUT2D eigenvalue weighted by Crippen LogP contribution is 2.23. The molecular weight excluding hydrogens is 614 g/mol. The highest BCUT2D eigenvalue weighted by Gasteiger charge is 2.27. The van der Waals surface area contributed by atoms with E-state index in [1.807, 2.05) is 48.5 Å². The summed E-state index contributed by atoms with van der Waals surface area (Å²) in [6.07, 6.45) is 7.50. The van der Waals surface area contributed by atoms with E-state index >= 15 is 0 Å². The number of benzene rings is 2. The number of hydrogen-bond donors (Lipinski definition) is 0. The minimum absolute atomic E-state index is 0.530. The van der Waals surface area contributed by atoms with Crippen LogP contribution < -0.4 is 9.47 Å². The Balaban J connectivity index is 1.89. The van der Waals surface area contributed by atoms with E-state index in [4.69, 9.17) is 37.9 Å². The Labute approximate surface area is 289 Å². The Hall–Kier alpha value is -2.64. The standard InChI is InChI=1S/C37H62N3O8/c1-5-6-7-8-9-10-23-47-36-15-11-34(12-16-36)38-39-35-13-17-37(18-14-35)48-27-22-40(19-24-44-31-28-41-2,20-25-45-32-29-42-3)21-26-46-33-30-43-4/h11-18H,5-10,19-33H2,1-4H3/q+1. The van der Waals surface area contributed by atoms with Crippen LogP contribution >= 0.6 is 0 Å². The molecule has 0 unspecified atom stereocenters. The van der Waals surface area contributed by atoms with Crippen LogP contribution in [0, 0.1) is 0 Å². The van der Waals surface area contributed by atoms with E-state index < -0.39 is 0 Å². The van der Waals surface area contributed by atoms with Crippen LogP contribution in [0.15, 0.2) is 58.8 Å². The summed E-state index contributed by atoms with van der Waals surface area (Å²) < 4.78 is 45.8. The summed E-state index contributed by atoms with van der Waals surface area (Å²) in [7, 11) is 5.03. The van der Waals surface area contributed by atoms with Gasteiger partial charge < -0.3 is 42.4 Å². The van der Waals surface area contributed by atoms with E-state index in [9.17, 15) is 0 Å². The highest BCUT2D eigenvalue weighted by atomic mass is 16.5. The molecule has 0 aromatic heterocycles. The molecule has 0 spiro atoms. The van der Waals surface area contributed by atoms with Crippen molar-refractivity contribution in [2.75, 3.05) is 120 Å². The van der Waals surface area contributed by atoms with Gasteiger partial charge in [0.2, 0.25) is 0 Å².